The van der Waals surface area contributed by atoms with Crippen LogP contribution in [0.4, 0.5) is 0 Å². The summed E-state index contributed by atoms with van der Waals surface area (Å²) in [6, 6.07) is 9.15. The predicted molar refractivity (Wildman–Crippen MR) is 93.4 cm³/mol. The molecule has 1 aromatic carbocycles. The zero-order chi connectivity index (χ0) is 15.1. The Morgan fingerprint density at radius 2 is 2.00 bits per heavy atom. The average Bonchev–Trinajstić information content (AvgIpc) is 2.94. The molecule has 1 heterocycles. The van der Waals surface area contributed by atoms with Crippen molar-refractivity contribution in [2.75, 3.05) is 18.9 Å². The van der Waals surface area contributed by atoms with Gasteiger partial charge < -0.3 is 10.1 Å². The van der Waals surface area contributed by atoms with Crippen molar-refractivity contribution in [3.8, 4) is 5.75 Å². The van der Waals surface area contributed by atoms with Gasteiger partial charge in [0.15, 0.2) is 0 Å². The molecule has 0 bridgehead atoms. The standard InChI is InChI=1S/C18H29NOS/c1-4-12-19-17(18(3)11-6-14-21-18)15-7-9-16(10-8-15)20-13-5-2/h7-10,17,19H,4-6,11-14H2,1-3H3. The second-order valence-corrected chi connectivity index (χ2v) is 7.70. The maximum atomic E-state index is 5.70. The Morgan fingerprint density at radius 1 is 1.24 bits per heavy atom. The van der Waals surface area contributed by atoms with Gasteiger partial charge in [-0.15, -0.1) is 0 Å². The zero-order valence-electron chi connectivity index (χ0n) is 13.7. The smallest absolute Gasteiger partial charge is 0.119 e. The van der Waals surface area contributed by atoms with Crippen LogP contribution in [0.25, 0.3) is 0 Å². The molecule has 2 nitrogen and oxygen atoms in total. The summed E-state index contributed by atoms with van der Waals surface area (Å²) in [4.78, 5) is 0. The SMILES string of the molecule is CCCNC(c1ccc(OCCC)cc1)C1(C)CCCS1. The molecule has 2 atom stereocenters. The Kier molecular flexibility index (Phi) is 6.43. The lowest BCUT2D eigenvalue weighted by Crippen LogP contribution is -2.38. The second-order valence-electron chi connectivity index (χ2n) is 6.07. The number of hydrogen-bond donors (Lipinski definition) is 1. The number of benzene rings is 1. The lowest BCUT2D eigenvalue weighted by molar-refractivity contribution is 0.317. The van der Waals surface area contributed by atoms with Crippen molar-refractivity contribution in [2.45, 2.75) is 57.2 Å². The summed E-state index contributed by atoms with van der Waals surface area (Å²) in [6.45, 7) is 8.66. The van der Waals surface area contributed by atoms with Crippen molar-refractivity contribution in [1.29, 1.82) is 0 Å². The van der Waals surface area contributed by atoms with Gasteiger partial charge in [-0.25, -0.2) is 0 Å². The molecule has 0 amide bonds. The number of nitrogens with one attached hydrogen (secondary N) is 1. The maximum Gasteiger partial charge on any atom is 0.119 e. The summed E-state index contributed by atoms with van der Waals surface area (Å²) >= 11 is 2.12. The first kappa shape index (κ1) is 16.7. The molecular formula is C18H29NOS. The van der Waals surface area contributed by atoms with Gasteiger partial charge in [0.05, 0.1) is 6.61 Å². The molecule has 118 valence electrons. The van der Waals surface area contributed by atoms with Crippen LogP contribution in [0.2, 0.25) is 0 Å². The van der Waals surface area contributed by atoms with Crippen molar-refractivity contribution < 1.29 is 4.74 Å². The topological polar surface area (TPSA) is 21.3 Å². The molecule has 1 aliphatic rings. The van der Waals surface area contributed by atoms with Crippen LogP contribution < -0.4 is 10.1 Å². The molecule has 0 spiro atoms. The van der Waals surface area contributed by atoms with Gasteiger partial charge in [-0.1, -0.05) is 26.0 Å². The highest BCUT2D eigenvalue weighted by Gasteiger charge is 2.38. The monoisotopic (exact) mass is 307 g/mol. The van der Waals surface area contributed by atoms with Gasteiger partial charge in [0.25, 0.3) is 0 Å². The van der Waals surface area contributed by atoms with Crippen molar-refractivity contribution in [1.82, 2.24) is 5.32 Å². The second kappa shape index (κ2) is 8.09. The average molecular weight is 308 g/mol. The number of hydrogen-bond acceptors (Lipinski definition) is 3. The largest absolute Gasteiger partial charge is 0.494 e. The fourth-order valence-corrected chi connectivity index (χ4v) is 4.41. The van der Waals surface area contributed by atoms with E-state index < -0.39 is 0 Å². The van der Waals surface area contributed by atoms with Crippen LogP contribution in [0.15, 0.2) is 24.3 Å². The fourth-order valence-electron chi connectivity index (χ4n) is 2.98. The highest BCUT2D eigenvalue weighted by Crippen LogP contribution is 2.46. The van der Waals surface area contributed by atoms with E-state index in [2.05, 4.69) is 62.1 Å². The van der Waals surface area contributed by atoms with Crippen molar-refractivity contribution in [3.05, 3.63) is 29.8 Å². The summed E-state index contributed by atoms with van der Waals surface area (Å²) in [5.74, 6) is 2.28. The van der Waals surface area contributed by atoms with Crippen LogP contribution in [0.5, 0.6) is 5.75 Å². The van der Waals surface area contributed by atoms with E-state index in [1.54, 1.807) is 0 Å². The van der Waals surface area contributed by atoms with Crippen LogP contribution in [-0.4, -0.2) is 23.7 Å². The van der Waals surface area contributed by atoms with E-state index in [-0.39, 0.29) is 0 Å². The molecule has 1 aliphatic heterocycles. The Morgan fingerprint density at radius 3 is 2.57 bits per heavy atom. The van der Waals surface area contributed by atoms with Gasteiger partial charge in [0, 0.05) is 10.8 Å². The quantitative estimate of drug-likeness (QED) is 0.745. The lowest BCUT2D eigenvalue weighted by atomic mass is 9.90. The maximum absolute atomic E-state index is 5.70. The van der Waals surface area contributed by atoms with Gasteiger partial charge in [0.1, 0.15) is 5.75 Å². The van der Waals surface area contributed by atoms with Gasteiger partial charge in [-0.3, -0.25) is 0 Å². The number of thioether (sulfide) groups is 1. The first-order valence-corrected chi connectivity index (χ1v) is 9.28. The van der Waals surface area contributed by atoms with Crippen LogP contribution in [0.1, 0.15) is 58.1 Å². The van der Waals surface area contributed by atoms with E-state index in [1.807, 2.05) is 0 Å². The molecule has 1 saturated heterocycles. The minimum Gasteiger partial charge on any atom is -0.494 e. The highest BCUT2D eigenvalue weighted by atomic mass is 32.2. The van der Waals surface area contributed by atoms with Gasteiger partial charge >= 0.3 is 0 Å². The molecule has 1 aromatic rings. The number of rotatable bonds is 8. The van der Waals surface area contributed by atoms with Crippen LogP contribution in [0.3, 0.4) is 0 Å². The first-order chi connectivity index (χ1) is 10.2. The normalized spacial score (nSPS) is 23.2. The molecular weight excluding hydrogens is 278 g/mol. The van der Waals surface area contributed by atoms with Crippen molar-refractivity contribution in [2.24, 2.45) is 0 Å². The zero-order valence-corrected chi connectivity index (χ0v) is 14.5. The number of ether oxygens (including phenoxy) is 1. The molecule has 3 heteroatoms. The van der Waals surface area contributed by atoms with E-state index in [4.69, 9.17) is 4.74 Å². The molecule has 1 fully saturated rings. The molecule has 0 aromatic heterocycles. The molecule has 0 radical (unpaired) electrons. The van der Waals surface area contributed by atoms with Gasteiger partial charge in [-0.2, -0.15) is 11.8 Å². The summed E-state index contributed by atoms with van der Waals surface area (Å²) in [5.41, 5.74) is 1.39. The van der Waals surface area contributed by atoms with E-state index in [1.165, 1.54) is 30.6 Å². The molecule has 1 N–H and O–H groups in total. The van der Waals surface area contributed by atoms with E-state index in [0.29, 0.717) is 10.8 Å². The van der Waals surface area contributed by atoms with E-state index in [0.717, 1.165) is 25.3 Å². The molecule has 0 aliphatic carbocycles. The van der Waals surface area contributed by atoms with Crippen molar-refractivity contribution >= 4 is 11.8 Å². The van der Waals surface area contributed by atoms with Crippen LogP contribution >= 0.6 is 11.8 Å². The third-order valence-corrected chi connectivity index (χ3v) is 5.74. The van der Waals surface area contributed by atoms with E-state index >= 15 is 0 Å². The predicted octanol–water partition coefficient (Wildman–Crippen LogP) is 4.80. The Hall–Kier alpha value is -0.670. The van der Waals surface area contributed by atoms with Crippen molar-refractivity contribution in [3.63, 3.8) is 0 Å². The minimum absolute atomic E-state index is 0.320. The minimum atomic E-state index is 0.320. The third kappa shape index (κ3) is 4.40. The summed E-state index contributed by atoms with van der Waals surface area (Å²) < 4.78 is 6.02. The Bertz CT molecular complexity index is 412. The van der Waals surface area contributed by atoms with Gasteiger partial charge in [-0.05, 0) is 62.6 Å². The highest BCUT2D eigenvalue weighted by molar-refractivity contribution is 8.00. The molecule has 0 saturated carbocycles. The summed E-state index contributed by atoms with van der Waals surface area (Å²) in [6.07, 6.45) is 4.86. The molecule has 21 heavy (non-hydrogen) atoms. The third-order valence-electron chi connectivity index (χ3n) is 4.14. The summed E-state index contributed by atoms with van der Waals surface area (Å²) in [7, 11) is 0. The van der Waals surface area contributed by atoms with Crippen LogP contribution in [0, 0.1) is 0 Å². The molecule has 2 rings (SSSR count). The van der Waals surface area contributed by atoms with Gasteiger partial charge in [0.2, 0.25) is 0 Å². The Balaban J connectivity index is 2.12. The van der Waals surface area contributed by atoms with E-state index in [9.17, 15) is 0 Å². The summed E-state index contributed by atoms with van der Waals surface area (Å²) in [5, 5.41) is 3.77. The first-order valence-electron chi connectivity index (χ1n) is 8.29. The Labute approximate surface area is 134 Å². The fraction of sp³-hybridized carbons (Fsp3) is 0.667. The lowest BCUT2D eigenvalue weighted by Gasteiger charge is -2.34. The van der Waals surface area contributed by atoms with Crippen LogP contribution in [-0.2, 0) is 0 Å². The molecule has 2 unspecified atom stereocenters.